The maximum Gasteiger partial charge on any atom is 0.188 e. The fourth-order valence-electron chi connectivity index (χ4n) is 1.82. The minimum atomic E-state index is 0.0755. The summed E-state index contributed by atoms with van der Waals surface area (Å²) in [4.78, 5) is 4.71. The lowest BCUT2D eigenvalue weighted by atomic mass is 9.98. The van der Waals surface area contributed by atoms with Crippen LogP contribution in [0.15, 0.2) is 12.1 Å². The van der Waals surface area contributed by atoms with Gasteiger partial charge in [-0.3, -0.25) is 0 Å². The van der Waals surface area contributed by atoms with Gasteiger partial charge in [0, 0.05) is 5.41 Å². The van der Waals surface area contributed by atoms with Crippen LogP contribution < -0.4 is 9.47 Å². The highest BCUT2D eigenvalue weighted by Gasteiger charge is 2.23. The van der Waals surface area contributed by atoms with E-state index >= 15 is 0 Å². The predicted octanol–water partition coefficient (Wildman–Crippen LogP) is 3.37. The summed E-state index contributed by atoms with van der Waals surface area (Å²) in [6.45, 7) is 7.75. The number of benzene rings is 1. The minimum Gasteiger partial charge on any atom is -0.486 e. The predicted molar refractivity (Wildman–Crippen MR) is 69.3 cm³/mol. The molecule has 0 spiro atoms. The van der Waals surface area contributed by atoms with Crippen molar-refractivity contribution in [3.05, 3.63) is 17.1 Å². The van der Waals surface area contributed by atoms with Crippen molar-refractivity contribution in [2.24, 2.45) is 0 Å². The molecule has 1 aromatic heterocycles. The molecule has 17 heavy (non-hydrogen) atoms. The van der Waals surface area contributed by atoms with Gasteiger partial charge in [0.15, 0.2) is 11.5 Å². The zero-order chi connectivity index (χ0) is 12.0. The van der Waals surface area contributed by atoms with Crippen molar-refractivity contribution in [2.45, 2.75) is 26.2 Å². The number of rotatable bonds is 0. The summed E-state index contributed by atoms with van der Waals surface area (Å²) >= 11 is 1.73. The molecule has 0 bridgehead atoms. The SMILES string of the molecule is CC(C)(C)c1nc2c3c(ccc2s1)OCCO3. The zero-order valence-electron chi connectivity index (χ0n) is 10.2. The molecule has 1 aliphatic rings. The molecule has 4 heteroatoms. The second-order valence-corrected chi connectivity index (χ2v) is 6.24. The van der Waals surface area contributed by atoms with Crippen molar-refractivity contribution >= 4 is 21.6 Å². The zero-order valence-corrected chi connectivity index (χ0v) is 11.1. The van der Waals surface area contributed by atoms with Crippen LogP contribution in [0.1, 0.15) is 25.8 Å². The Bertz CT molecular complexity index is 569. The molecule has 0 atom stereocenters. The number of aromatic nitrogens is 1. The summed E-state index contributed by atoms with van der Waals surface area (Å²) < 4.78 is 12.4. The molecular weight excluding hydrogens is 234 g/mol. The maximum absolute atomic E-state index is 5.68. The van der Waals surface area contributed by atoms with Crippen LogP contribution in [-0.4, -0.2) is 18.2 Å². The number of nitrogens with zero attached hydrogens (tertiary/aromatic N) is 1. The van der Waals surface area contributed by atoms with Crippen LogP contribution in [0.2, 0.25) is 0 Å². The summed E-state index contributed by atoms with van der Waals surface area (Å²) in [5, 5.41) is 1.13. The highest BCUT2D eigenvalue weighted by atomic mass is 32.1. The molecule has 0 fully saturated rings. The quantitative estimate of drug-likeness (QED) is 0.717. The van der Waals surface area contributed by atoms with E-state index in [0.29, 0.717) is 13.2 Å². The minimum absolute atomic E-state index is 0.0755. The number of hydrogen-bond donors (Lipinski definition) is 0. The number of hydrogen-bond acceptors (Lipinski definition) is 4. The first-order chi connectivity index (χ1) is 8.05. The molecule has 1 aromatic carbocycles. The Morgan fingerprint density at radius 3 is 2.71 bits per heavy atom. The summed E-state index contributed by atoms with van der Waals surface area (Å²) in [5.74, 6) is 1.62. The number of ether oxygens (including phenoxy) is 2. The van der Waals surface area contributed by atoms with Gasteiger partial charge in [-0.2, -0.15) is 0 Å². The lowest BCUT2D eigenvalue weighted by Gasteiger charge is -2.18. The molecule has 2 heterocycles. The largest absolute Gasteiger partial charge is 0.486 e. The molecule has 0 saturated carbocycles. The molecular formula is C13H15NO2S. The Morgan fingerprint density at radius 2 is 1.94 bits per heavy atom. The van der Waals surface area contributed by atoms with Gasteiger partial charge < -0.3 is 9.47 Å². The Balaban J connectivity index is 2.22. The first-order valence-electron chi connectivity index (χ1n) is 5.75. The molecule has 90 valence electrons. The lowest BCUT2D eigenvalue weighted by Crippen LogP contribution is -2.15. The standard InChI is InChI=1S/C13H15NO2S/c1-13(2,3)12-14-10-9(17-12)5-4-8-11(10)16-7-6-15-8/h4-5H,6-7H2,1-3H3. The van der Waals surface area contributed by atoms with E-state index in [1.54, 1.807) is 11.3 Å². The fraction of sp³-hybridized carbons (Fsp3) is 0.462. The van der Waals surface area contributed by atoms with Crippen LogP contribution >= 0.6 is 11.3 Å². The maximum atomic E-state index is 5.68. The molecule has 3 nitrogen and oxygen atoms in total. The van der Waals surface area contributed by atoms with E-state index in [4.69, 9.17) is 14.5 Å². The van der Waals surface area contributed by atoms with Gasteiger partial charge in [0.1, 0.15) is 18.7 Å². The molecule has 2 aromatic rings. The first-order valence-corrected chi connectivity index (χ1v) is 6.57. The number of thiazole rings is 1. The molecule has 0 N–H and O–H groups in total. The smallest absolute Gasteiger partial charge is 0.188 e. The molecule has 0 amide bonds. The third-order valence-corrected chi connectivity index (χ3v) is 4.15. The molecule has 0 unspecified atom stereocenters. The van der Waals surface area contributed by atoms with Gasteiger partial charge in [0.2, 0.25) is 0 Å². The summed E-state index contributed by atoms with van der Waals surface area (Å²) in [7, 11) is 0. The average Bonchev–Trinajstić information content (AvgIpc) is 2.72. The van der Waals surface area contributed by atoms with Crippen LogP contribution in [0.5, 0.6) is 11.5 Å². The second kappa shape index (κ2) is 3.60. The van der Waals surface area contributed by atoms with E-state index in [9.17, 15) is 0 Å². The van der Waals surface area contributed by atoms with Crippen molar-refractivity contribution < 1.29 is 9.47 Å². The Hall–Kier alpha value is -1.29. The number of fused-ring (bicyclic) bond motifs is 3. The van der Waals surface area contributed by atoms with Gasteiger partial charge >= 0.3 is 0 Å². The topological polar surface area (TPSA) is 31.4 Å². The van der Waals surface area contributed by atoms with Crippen LogP contribution in [0.3, 0.4) is 0 Å². The normalized spacial score (nSPS) is 15.2. The van der Waals surface area contributed by atoms with Crippen LogP contribution in [0, 0.1) is 0 Å². The van der Waals surface area contributed by atoms with Gasteiger partial charge in [0.25, 0.3) is 0 Å². The van der Waals surface area contributed by atoms with E-state index in [1.165, 1.54) is 4.70 Å². The van der Waals surface area contributed by atoms with Crippen molar-refractivity contribution in [1.29, 1.82) is 0 Å². The monoisotopic (exact) mass is 249 g/mol. The molecule has 3 rings (SSSR count). The average molecular weight is 249 g/mol. The van der Waals surface area contributed by atoms with E-state index in [1.807, 2.05) is 6.07 Å². The van der Waals surface area contributed by atoms with Crippen LogP contribution in [0.25, 0.3) is 10.2 Å². The lowest BCUT2D eigenvalue weighted by molar-refractivity contribution is 0.173. The molecule has 0 aliphatic carbocycles. The van der Waals surface area contributed by atoms with Gasteiger partial charge in [0.05, 0.1) is 9.71 Å². The van der Waals surface area contributed by atoms with Gasteiger partial charge in [-0.15, -0.1) is 11.3 Å². The highest BCUT2D eigenvalue weighted by molar-refractivity contribution is 7.18. The van der Waals surface area contributed by atoms with Gasteiger partial charge in [-0.1, -0.05) is 20.8 Å². The highest BCUT2D eigenvalue weighted by Crippen LogP contribution is 2.41. The summed E-state index contributed by atoms with van der Waals surface area (Å²) in [6.07, 6.45) is 0. The Kier molecular flexibility index (Phi) is 2.30. The third-order valence-electron chi connectivity index (χ3n) is 2.71. The Labute approximate surface area is 104 Å². The molecule has 0 radical (unpaired) electrons. The molecule has 0 saturated heterocycles. The van der Waals surface area contributed by atoms with Gasteiger partial charge in [-0.25, -0.2) is 4.98 Å². The van der Waals surface area contributed by atoms with E-state index in [0.717, 1.165) is 22.0 Å². The fourth-order valence-corrected chi connectivity index (χ4v) is 2.84. The van der Waals surface area contributed by atoms with Crippen LogP contribution in [-0.2, 0) is 5.41 Å². The third kappa shape index (κ3) is 1.76. The summed E-state index contributed by atoms with van der Waals surface area (Å²) in [5.41, 5.74) is 1.02. The Morgan fingerprint density at radius 1 is 1.18 bits per heavy atom. The van der Waals surface area contributed by atoms with Crippen LogP contribution in [0.4, 0.5) is 0 Å². The van der Waals surface area contributed by atoms with Crippen molar-refractivity contribution in [2.75, 3.05) is 13.2 Å². The van der Waals surface area contributed by atoms with E-state index < -0.39 is 0 Å². The van der Waals surface area contributed by atoms with Crippen molar-refractivity contribution in [3.8, 4) is 11.5 Å². The van der Waals surface area contributed by atoms with Crippen molar-refractivity contribution in [1.82, 2.24) is 4.98 Å². The van der Waals surface area contributed by atoms with Crippen molar-refractivity contribution in [3.63, 3.8) is 0 Å². The second-order valence-electron chi connectivity index (χ2n) is 5.21. The summed E-state index contributed by atoms with van der Waals surface area (Å²) in [6, 6.07) is 4.04. The van der Waals surface area contributed by atoms with E-state index in [-0.39, 0.29) is 5.41 Å². The van der Waals surface area contributed by atoms with E-state index in [2.05, 4.69) is 26.8 Å². The van der Waals surface area contributed by atoms with Gasteiger partial charge in [-0.05, 0) is 12.1 Å². The molecule has 1 aliphatic heterocycles. The first kappa shape index (κ1) is 10.8.